The number of anilines is 1. The summed E-state index contributed by atoms with van der Waals surface area (Å²) in [4.78, 5) is 8.77. The monoisotopic (exact) mass is 356 g/mol. The van der Waals surface area contributed by atoms with Gasteiger partial charge in [-0.1, -0.05) is 36.4 Å². The number of nitrogens with one attached hydrogen (secondary N) is 1. The largest absolute Gasteiger partial charge is 0.456 e. The van der Waals surface area contributed by atoms with Gasteiger partial charge in [-0.05, 0) is 44.5 Å². The van der Waals surface area contributed by atoms with Crippen LogP contribution in [0, 0.1) is 20.8 Å². The van der Waals surface area contributed by atoms with Crippen molar-refractivity contribution >= 4 is 16.9 Å². The second-order valence-corrected chi connectivity index (χ2v) is 6.56. The first-order valence-corrected chi connectivity index (χ1v) is 8.80. The Morgan fingerprint density at radius 3 is 2.33 bits per heavy atom. The molecule has 2 aromatic carbocycles. The number of rotatable bonds is 3. The molecule has 0 aliphatic rings. The molecule has 1 N–H and O–H groups in total. The molecule has 0 amide bonds. The van der Waals surface area contributed by atoms with Crippen molar-refractivity contribution in [2.45, 2.75) is 20.8 Å². The Morgan fingerprint density at radius 1 is 0.852 bits per heavy atom. The van der Waals surface area contributed by atoms with Crippen molar-refractivity contribution in [3.8, 4) is 11.3 Å². The van der Waals surface area contributed by atoms with Crippen molar-refractivity contribution in [2.24, 2.45) is 5.10 Å². The SMILES string of the molecule is Cc1ccc2c(=NNc3nc(C)cc(C)n3)cc(-c3ccccc3)oc2c1. The Balaban J connectivity index is 1.87. The van der Waals surface area contributed by atoms with Crippen molar-refractivity contribution in [2.75, 3.05) is 5.43 Å². The van der Waals surface area contributed by atoms with Crippen molar-refractivity contribution in [1.82, 2.24) is 9.97 Å². The van der Waals surface area contributed by atoms with Gasteiger partial charge >= 0.3 is 0 Å². The molecule has 0 radical (unpaired) electrons. The first kappa shape index (κ1) is 17.0. The molecule has 0 bridgehead atoms. The van der Waals surface area contributed by atoms with Gasteiger partial charge in [-0.25, -0.2) is 15.4 Å². The Kier molecular flexibility index (Phi) is 4.42. The molecule has 0 aliphatic heterocycles. The van der Waals surface area contributed by atoms with Gasteiger partial charge in [0.1, 0.15) is 11.3 Å². The highest BCUT2D eigenvalue weighted by Gasteiger charge is 2.06. The first-order chi connectivity index (χ1) is 13.1. The van der Waals surface area contributed by atoms with E-state index in [1.54, 1.807) is 0 Å². The lowest BCUT2D eigenvalue weighted by atomic mass is 10.1. The summed E-state index contributed by atoms with van der Waals surface area (Å²) in [6, 6.07) is 20.0. The van der Waals surface area contributed by atoms with Crippen molar-refractivity contribution in [1.29, 1.82) is 0 Å². The molecule has 4 aromatic rings. The van der Waals surface area contributed by atoms with Crippen LogP contribution in [-0.2, 0) is 0 Å². The minimum atomic E-state index is 0.481. The lowest BCUT2D eigenvalue weighted by Gasteiger charge is -2.06. The molecule has 0 spiro atoms. The second-order valence-electron chi connectivity index (χ2n) is 6.56. The van der Waals surface area contributed by atoms with Crippen molar-refractivity contribution < 1.29 is 4.42 Å². The Labute approximate surface area is 157 Å². The van der Waals surface area contributed by atoms with Crippen LogP contribution in [0.25, 0.3) is 22.3 Å². The van der Waals surface area contributed by atoms with Gasteiger partial charge in [-0.15, -0.1) is 0 Å². The minimum Gasteiger partial charge on any atom is -0.456 e. The standard InChI is InChI=1S/C22H20N4O/c1-14-9-10-18-19(25-26-22-23-15(2)12-16(3)24-22)13-20(27-21(18)11-14)17-7-5-4-6-8-17/h4-13H,1-3H3,(H,23,24,26). The third kappa shape index (κ3) is 3.72. The lowest BCUT2D eigenvalue weighted by Crippen LogP contribution is -2.09. The number of fused-ring (bicyclic) bond motifs is 1. The number of aromatic nitrogens is 2. The summed E-state index contributed by atoms with van der Waals surface area (Å²) in [6.45, 7) is 5.92. The van der Waals surface area contributed by atoms with Crippen LogP contribution in [0.2, 0.25) is 0 Å². The van der Waals surface area contributed by atoms with E-state index in [-0.39, 0.29) is 0 Å². The van der Waals surface area contributed by atoms with Gasteiger partial charge in [0.15, 0.2) is 0 Å². The summed E-state index contributed by atoms with van der Waals surface area (Å²) in [5, 5.41) is 6.27. The van der Waals surface area contributed by atoms with Crippen LogP contribution >= 0.6 is 0 Å². The van der Waals surface area contributed by atoms with E-state index in [9.17, 15) is 0 Å². The number of aryl methyl sites for hydroxylation is 3. The zero-order chi connectivity index (χ0) is 18.8. The maximum atomic E-state index is 6.14. The molecule has 5 heteroatoms. The highest BCUT2D eigenvalue weighted by atomic mass is 16.3. The van der Waals surface area contributed by atoms with Gasteiger partial charge in [-0.3, -0.25) is 0 Å². The lowest BCUT2D eigenvalue weighted by molar-refractivity contribution is 0.618. The van der Waals surface area contributed by atoms with E-state index < -0.39 is 0 Å². The summed E-state index contributed by atoms with van der Waals surface area (Å²) in [5.41, 5.74) is 7.71. The first-order valence-electron chi connectivity index (χ1n) is 8.80. The average molecular weight is 356 g/mol. The molecule has 0 atom stereocenters. The Morgan fingerprint density at radius 2 is 1.59 bits per heavy atom. The molecule has 5 nitrogen and oxygen atoms in total. The van der Waals surface area contributed by atoms with Crippen LogP contribution in [0.3, 0.4) is 0 Å². The van der Waals surface area contributed by atoms with E-state index in [2.05, 4.69) is 20.5 Å². The zero-order valence-electron chi connectivity index (χ0n) is 15.5. The smallest absolute Gasteiger partial charge is 0.243 e. The summed E-state index contributed by atoms with van der Waals surface area (Å²) in [7, 11) is 0. The van der Waals surface area contributed by atoms with Gasteiger partial charge in [0.25, 0.3) is 0 Å². The third-order valence-electron chi connectivity index (χ3n) is 4.22. The number of hydrogen-bond acceptors (Lipinski definition) is 5. The maximum Gasteiger partial charge on any atom is 0.243 e. The molecule has 2 aromatic heterocycles. The molecule has 27 heavy (non-hydrogen) atoms. The molecular weight excluding hydrogens is 336 g/mol. The summed E-state index contributed by atoms with van der Waals surface area (Å²) in [6.07, 6.45) is 0. The fraction of sp³-hybridized carbons (Fsp3) is 0.136. The number of benzene rings is 2. The molecular formula is C22H20N4O. The van der Waals surface area contributed by atoms with E-state index in [1.807, 2.05) is 81.4 Å². The van der Waals surface area contributed by atoms with E-state index >= 15 is 0 Å². The van der Waals surface area contributed by atoms with E-state index in [1.165, 1.54) is 0 Å². The predicted molar refractivity (Wildman–Crippen MR) is 107 cm³/mol. The van der Waals surface area contributed by atoms with Crippen molar-refractivity contribution in [3.63, 3.8) is 0 Å². The van der Waals surface area contributed by atoms with Crippen LogP contribution in [0.4, 0.5) is 5.95 Å². The quantitative estimate of drug-likeness (QED) is 0.538. The Bertz CT molecular complexity index is 1160. The summed E-state index contributed by atoms with van der Waals surface area (Å²) >= 11 is 0. The molecule has 0 unspecified atom stereocenters. The normalized spacial score (nSPS) is 11.7. The van der Waals surface area contributed by atoms with E-state index in [4.69, 9.17) is 4.42 Å². The molecule has 0 aliphatic carbocycles. The van der Waals surface area contributed by atoms with Gasteiger partial charge in [0.05, 0.1) is 5.36 Å². The summed E-state index contributed by atoms with van der Waals surface area (Å²) in [5.74, 6) is 1.24. The van der Waals surface area contributed by atoms with Crippen LogP contribution in [0.1, 0.15) is 17.0 Å². The van der Waals surface area contributed by atoms with Crippen LogP contribution in [0.15, 0.2) is 70.2 Å². The molecule has 2 heterocycles. The highest BCUT2D eigenvalue weighted by Crippen LogP contribution is 2.22. The molecule has 134 valence electrons. The second kappa shape index (κ2) is 7.03. The fourth-order valence-corrected chi connectivity index (χ4v) is 3.00. The fourth-order valence-electron chi connectivity index (χ4n) is 3.00. The van der Waals surface area contributed by atoms with Crippen LogP contribution in [-0.4, -0.2) is 9.97 Å². The zero-order valence-corrected chi connectivity index (χ0v) is 15.5. The van der Waals surface area contributed by atoms with Crippen LogP contribution in [0.5, 0.6) is 0 Å². The van der Waals surface area contributed by atoms with E-state index in [0.717, 1.165) is 44.6 Å². The minimum absolute atomic E-state index is 0.481. The topological polar surface area (TPSA) is 63.3 Å². The molecule has 0 saturated heterocycles. The molecule has 0 saturated carbocycles. The summed E-state index contributed by atoms with van der Waals surface area (Å²) < 4.78 is 6.14. The maximum absolute atomic E-state index is 6.14. The van der Waals surface area contributed by atoms with Crippen molar-refractivity contribution in [3.05, 3.63) is 83.0 Å². The van der Waals surface area contributed by atoms with Gasteiger partial charge in [-0.2, -0.15) is 5.10 Å². The van der Waals surface area contributed by atoms with E-state index in [0.29, 0.717) is 5.95 Å². The Hall–Kier alpha value is -3.47. The van der Waals surface area contributed by atoms with Gasteiger partial charge < -0.3 is 4.42 Å². The molecule has 0 fully saturated rings. The number of nitrogens with zero attached hydrogens (tertiary/aromatic N) is 3. The average Bonchev–Trinajstić information content (AvgIpc) is 2.65. The number of hydrogen-bond donors (Lipinski definition) is 1. The third-order valence-corrected chi connectivity index (χ3v) is 4.22. The van der Waals surface area contributed by atoms with Gasteiger partial charge in [0, 0.05) is 28.4 Å². The highest BCUT2D eigenvalue weighted by molar-refractivity contribution is 5.79. The van der Waals surface area contributed by atoms with Gasteiger partial charge in [0.2, 0.25) is 5.95 Å². The van der Waals surface area contributed by atoms with Crippen LogP contribution < -0.4 is 10.8 Å². The predicted octanol–water partition coefficient (Wildman–Crippen LogP) is 4.74. The molecule has 4 rings (SSSR count).